The Hall–Kier alpha value is -0.610. The predicted molar refractivity (Wildman–Crippen MR) is 50.9 cm³/mol. The van der Waals surface area contributed by atoms with Gasteiger partial charge in [0.15, 0.2) is 0 Å². The first-order valence-electron chi connectivity index (χ1n) is 3.91. The maximum absolute atomic E-state index is 13.0. The molecule has 1 aromatic rings. The fourth-order valence-electron chi connectivity index (χ4n) is 1.07. The van der Waals surface area contributed by atoms with Crippen LogP contribution in [0.5, 0.6) is 0 Å². The molecule has 0 aliphatic rings. The van der Waals surface area contributed by atoms with Crippen molar-refractivity contribution in [1.82, 2.24) is 0 Å². The fraction of sp³-hybridized carbons (Fsp3) is 0.333. The molecule has 72 valence electrons. The molecule has 0 unspecified atom stereocenters. The highest BCUT2D eigenvalue weighted by Crippen LogP contribution is 2.22. The Morgan fingerprint density at radius 3 is 2.54 bits per heavy atom. The van der Waals surface area contributed by atoms with E-state index < -0.39 is 11.6 Å². The van der Waals surface area contributed by atoms with Crippen LogP contribution in [0.25, 0.3) is 0 Å². The van der Waals surface area contributed by atoms with Crippen molar-refractivity contribution in [3.63, 3.8) is 0 Å². The van der Waals surface area contributed by atoms with Gasteiger partial charge in [0.05, 0.1) is 0 Å². The van der Waals surface area contributed by atoms with Crippen LogP contribution < -0.4 is 5.73 Å². The van der Waals surface area contributed by atoms with E-state index in [1.54, 1.807) is 6.26 Å². The zero-order valence-electron chi connectivity index (χ0n) is 7.31. The zero-order valence-corrected chi connectivity index (χ0v) is 8.13. The largest absolute Gasteiger partial charge is 0.330 e. The minimum Gasteiger partial charge on any atom is -0.330 e. The Labute approximate surface area is 80.3 Å². The van der Waals surface area contributed by atoms with Gasteiger partial charge in [-0.05, 0) is 30.9 Å². The first kappa shape index (κ1) is 10.5. The van der Waals surface area contributed by atoms with Gasteiger partial charge in [0.2, 0.25) is 0 Å². The van der Waals surface area contributed by atoms with Gasteiger partial charge >= 0.3 is 0 Å². The van der Waals surface area contributed by atoms with Crippen LogP contribution in [-0.4, -0.2) is 12.8 Å². The molecule has 1 rings (SSSR count). The van der Waals surface area contributed by atoms with Crippen LogP contribution in [0.4, 0.5) is 8.78 Å². The van der Waals surface area contributed by atoms with Gasteiger partial charge in [-0.1, -0.05) is 0 Å². The topological polar surface area (TPSA) is 26.0 Å². The standard InChI is InChI=1S/C9H11F2NS/c1-13-9-4-6(2-3-12)7(10)5-8(9)11/h4-5H,2-3,12H2,1H3. The Morgan fingerprint density at radius 1 is 1.31 bits per heavy atom. The van der Waals surface area contributed by atoms with Crippen molar-refractivity contribution < 1.29 is 8.78 Å². The maximum atomic E-state index is 13.0. The minimum absolute atomic E-state index is 0.371. The van der Waals surface area contributed by atoms with E-state index in [1.807, 2.05) is 0 Å². The van der Waals surface area contributed by atoms with E-state index in [9.17, 15) is 8.78 Å². The van der Waals surface area contributed by atoms with Crippen molar-refractivity contribution in [3.05, 3.63) is 29.3 Å². The van der Waals surface area contributed by atoms with Crippen molar-refractivity contribution in [3.8, 4) is 0 Å². The minimum atomic E-state index is -0.513. The Kier molecular flexibility index (Phi) is 3.69. The summed E-state index contributed by atoms with van der Waals surface area (Å²) in [6, 6.07) is 2.43. The molecule has 1 nitrogen and oxygen atoms in total. The van der Waals surface area contributed by atoms with Gasteiger partial charge in [-0.3, -0.25) is 0 Å². The van der Waals surface area contributed by atoms with E-state index in [4.69, 9.17) is 5.73 Å². The van der Waals surface area contributed by atoms with Gasteiger partial charge in [0, 0.05) is 11.0 Å². The predicted octanol–water partition coefficient (Wildman–Crippen LogP) is 2.19. The average molecular weight is 203 g/mol. The smallest absolute Gasteiger partial charge is 0.139 e. The number of hydrogen-bond donors (Lipinski definition) is 1. The molecule has 0 saturated heterocycles. The lowest BCUT2D eigenvalue weighted by atomic mass is 10.1. The lowest BCUT2D eigenvalue weighted by Crippen LogP contribution is -2.05. The first-order chi connectivity index (χ1) is 6.19. The molecule has 0 heterocycles. The molecular weight excluding hydrogens is 192 g/mol. The summed E-state index contributed by atoms with van der Waals surface area (Å²) in [5.74, 6) is -1.02. The number of rotatable bonds is 3. The summed E-state index contributed by atoms with van der Waals surface area (Å²) >= 11 is 1.26. The second kappa shape index (κ2) is 4.58. The number of halogens is 2. The molecule has 13 heavy (non-hydrogen) atoms. The van der Waals surface area contributed by atoms with E-state index in [0.717, 1.165) is 6.07 Å². The monoisotopic (exact) mass is 203 g/mol. The molecular formula is C9H11F2NS. The van der Waals surface area contributed by atoms with Crippen molar-refractivity contribution in [2.24, 2.45) is 5.73 Å². The Bertz CT molecular complexity index is 302. The second-order valence-electron chi connectivity index (χ2n) is 2.62. The second-order valence-corrected chi connectivity index (χ2v) is 3.46. The highest BCUT2D eigenvalue weighted by Gasteiger charge is 2.08. The van der Waals surface area contributed by atoms with Gasteiger partial charge in [-0.25, -0.2) is 8.78 Å². The van der Waals surface area contributed by atoms with Gasteiger partial charge in [0.25, 0.3) is 0 Å². The third-order valence-corrected chi connectivity index (χ3v) is 2.49. The van der Waals surface area contributed by atoms with Crippen LogP contribution in [0.2, 0.25) is 0 Å². The van der Waals surface area contributed by atoms with Crippen LogP contribution in [0.15, 0.2) is 17.0 Å². The molecule has 0 spiro atoms. The molecule has 4 heteroatoms. The quantitative estimate of drug-likeness (QED) is 0.762. The van der Waals surface area contributed by atoms with E-state index >= 15 is 0 Å². The Balaban J connectivity index is 3.06. The number of benzene rings is 1. The normalized spacial score (nSPS) is 10.5. The first-order valence-corrected chi connectivity index (χ1v) is 5.13. The molecule has 0 atom stereocenters. The molecule has 0 aromatic heterocycles. The summed E-state index contributed by atoms with van der Waals surface area (Å²) in [7, 11) is 0. The van der Waals surface area contributed by atoms with E-state index in [-0.39, 0.29) is 0 Å². The van der Waals surface area contributed by atoms with Gasteiger partial charge < -0.3 is 5.73 Å². The third kappa shape index (κ3) is 2.42. The zero-order chi connectivity index (χ0) is 9.84. The molecule has 0 fully saturated rings. The van der Waals surface area contributed by atoms with Crippen molar-refractivity contribution in [2.45, 2.75) is 11.3 Å². The summed E-state index contributed by atoms with van der Waals surface area (Å²) in [6.07, 6.45) is 2.20. The van der Waals surface area contributed by atoms with E-state index in [0.29, 0.717) is 23.4 Å². The highest BCUT2D eigenvalue weighted by molar-refractivity contribution is 7.98. The molecule has 1 aromatic carbocycles. The number of nitrogens with two attached hydrogens (primary N) is 1. The molecule has 0 amide bonds. The maximum Gasteiger partial charge on any atom is 0.139 e. The van der Waals surface area contributed by atoms with E-state index in [1.165, 1.54) is 17.8 Å². The SMILES string of the molecule is CSc1cc(CCN)c(F)cc1F. The van der Waals surface area contributed by atoms with Crippen LogP contribution in [0.1, 0.15) is 5.56 Å². The summed E-state index contributed by atoms with van der Waals surface area (Å²) in [5, 5.41) is 0. The summed E-state index contributed by atoms with van der Waals surface area (Å²) in [6.45, 7) is 0.371. The molecule has 0 aliphatic heterocycles. The van der Waals surface area contributed by atoms with Crippen molar-refractivity contribution in [1.29, 1.82) is 0 Å². The summed E-state index contributed by atoms with van der Waals surface area (Å²) < 4.78 is 26.0. The molecule has 2 N–H and O–H groups in total. The van der Waals surface area contributed by atoms with E-state index in [2.05, 4.69) is 0 Å². The molecule has 0 radical (unpaired) electrons. The average Bonchev–Trinajstić information content (AvgIpc) is 2.10. The van der Waals surface area contributed by atoms with Crippen LogP contribution in [0, 0.1) is 11.6 Å². The summed E-state index contributed by atoms with van der Waals surface area (Å²) in [5.41, 5.74) is 5.77. The lowest BCUT2D eigenvalue weighted by Gasteiger charge is -2.04. The molecule has 0 bridgehead atoms. The van der Waals surface area contributed by atoms with Crippen molar-refractivity contribution in [2.75, 3.05) is 12.8 Å². The molecule has 0 saturated carbocycles. The summed E-state index contributed by atoms with van der Waals surface area (Å²) in [4.78, 5) is 0.463. The van der Waals surface area contributed by atoms with Gasteiger partial charge in [-0.15, -0.1) is 11.8 Å². The Morgan fingerprint density at radius 2 is 2.00 bits per heavy atom. The van der Waals surface area contributed by atoms with Crippen molar-refractivity contribution >= 4 is 11.8 Å². The number of thioether (sulfide) groups is 1. The van der Waals surface area contributed by atoms with Gasteiger partial charge in [0.1, 0.15) is 11.6 Å². The van der Waals surface area contributed by atoms with Crippen LogP contribution >= 0.6 is 11.8 Å². The number of hydrogen-bond acceptors (Lipinski definition) is 2. The highest BCUT2D eigenvalue weighted by atomic mass is 32.2. The third-order valence-electron chi connectivity index (χ3n) is 1.73. The fourth-order valence-corrected chi connectivity index (χ4v) is 1.59. The van der Waals surface area contributed by atoms with Gasteiger partial charge in [-0.2, -0.15) is 0 Å². The van der Waals surface area contributed by atoms with Crippen LogP contribution in [0.3, 0.4) is 0 Å². The molecule has 0 aliphatic carbocycles. The lowest BCUT2D eigenvalue weighted by molar-refractivity contribution is 0.556. The van der Waals surface area contributed by atoms with Crippen LogP contribution in [-0.2, 0) is 6.42 Å².